The third kappa shape index (κ3) is 6.30. The fourth-order valence-electron chi connectivity index (χ4n) is 2.95. The number of ether oxygens (including phenoxy) is 2. The van der Waals surface area contributed by atoms with Crippen molar-refractivity contribution < 1.29 is 22.6 Å². The molecule has 0 atom stereocenters. The van der Waals surface area contributed by atoms with Gasteiger partial charge in [-0.25, -0.2) is 8.78 Å². The van der Waals surface area contributed by atoms with Crippen LogP contribution in [0.2, 0.25) is 5.02 Å². The molecular weight excluding hydrogens is 401 g/mol. The minimum absolute atomic E-state index is 0.00256. The lowest BCUT2D eigenvalue weighted by Crippen LogP contribution is -2.03. The lowest BCUT2D eigenvalue weighted by molar-refractivity contribution is 0.285. The van der Waals surface area contributed by atoms with Crippen molar-refractivity contribution in [2.24, 2.45) is 0 Å². The molecule has 0 aliphatic carbocycles. The standard InChI is InChI=1S/C23H28ClF3O2/c1-3-5-7-9-15-29-19-13-11-17(21(25)23(19)27)16-10-12-18(22(26)20(16)24)28-14-8-6-4-2/h10-13H,3-9,14-15H2,1-2H3. The molecule has 0 heterocycles. The number of hydrogen-bond acceptors (Lipinski definition) is 2. The summed E-state index contributed by atoms with van der Waals surface area (Å²) in [5, 5.41) is -0.301. The molecule has 2 rings (SSSR count). The van der Waals surface area contributed by atoms with Gasteiger partial charge in [0.2, 0.25) is 5.82 Å². The Bertz CT molecular complexity index is 796. The summed E-state index contributed by atoms with van der Waals surface area (Å²) in [6, 6.07) is 5.51. The van der Waals surface area contributed by atoms with Crippen LogP contribution in [0, 0.1) is 17.5 Å². The summed E-state index contributed by atoms with van der Waals surface area (Å²) >= 11 is 6.09. The van der Waals surface area contributed by atoms with Gasteiger partial charge >= 0.3 is 0 Å². The smallest absolute Gasteiger partial charge is 0.201 e. The Morgan fingerprint density at radius 1 is 0.655 bits per heavy atom. The van der Waals surface area contributed by atoms with Crippen LogP contribution in [0.25, 0.3) is 11.1 Å². The maximum absolute atomic E-state index is 14.6. The van der Waals surface area contributed by atoms with E-state index in [2.05, 4.69) is 13.8 Å². The minimum atomic E-state index is -1.12. The third-order valence-corrected chi connectivity index (χ3v) is 5.01. The summed E-state index contributed by atoms with van der Waals surface area (Å²) in [4.78, 5) is 0. The van der Waals surface area contributed by atoms with Gasteiger partial charge in [-0.3, -0.25) is 0 Å². The summed E-state index contributed by atoms with van der Waals surface area (Å²) in [5.41, 5.74) is -0.0572. The molecule has 0 amide bonds. The highest BCUT2D eigenvalue weighted by molar-refractivity contribution is 6.33. The molecule has 0 aliphatic rings. The van der Waals surface area contributed by atoms with E-state index in [0.29, 0.717) is 13.2 Å². The molecular formula is C23H28ClF3O2. The van der Waals surface area contributed by atoms with Crippen LogP contribution in [-0.2, 0) is 0 Å². The fourth-order valence-corrected chi connectivity index (χ4v) is 3.21. The molecule has 0 spiro atoms. The highest BCUT2D eigenvalue weighted by Crippen LogP contribution is 2.38. The number of benzene rings is 2. The van der Waals surface area contributed by atoms with Crippen LogP contribution in [-0.4, -0.2) is 13.2 Å². The molecule has 0 fully saturated rings. The van der Waals surface area contributed by atoms with Crippen LogP contribution in [0.1, 0.15) is 58.8 Å². The molecule has 2 aromatic carbocycles. The van der Waals surface area contributed by atoms with Gasteiger partial charge in [-0.05, 0) is 37.1 Å². The first kappa shape index (κ1) is 23.4. The van der Waals surface area contributed by atoms with Crippen LogP contribution in [0.5, 0.6) is 11.5 Å². The molecule has 0 unspecified atom stereocenters. The monoisotopic (exact) mass is 428 g/mol. The van der Waals surface area contributed by atoms with E-state index in [-0.39, 0.29) is 27.6 Å². The second-order valence-corrected chi connectivity index (χ2v) is 7.32. The zero-order valence-corrected chi connectivity index (χ0v) is 17.8. The van der Waals surface area contributed by atoms with Crippen molar-refractivity contribution >= 4 is 11.6 Å². The van der Waals surface area contributed by atoms with Crippen molar-refractivity contribution in [2.75, 3.05) is 13.2 Å². The van der Waals surface area contributed by atoms with E-state index in [1.54, 1.807) is 0 Å². The largest absolute Gasteiger partial charge is 0.490 e. The summed E-state index contributed by atoms with van der Waals surface area (Å²) in [7, 11) is 0. The SMILES string of the molecule is CCCCCCOc1ccc(-c2ccc(OCCCCC)c(F)c2Cl)c(F)c1F. The van der Waals surface area contributed by atoms with E-state index >= 15 is 0 Å². The van der Waals surface area contributed by atoms with Crippen molar-refractivity contribution in [1.82, 2.24) is 0 Å². The fraction of sp³-hybridized carbons (Fsp3) is 0.478. The van der Waals surface area contributed by atoms with E-state index in [1.807, 2.05) is 0 Å². The molecule has 2 aromatic rings. The zero-order chi connectivity index (χ0) is 21.2. The van der Waals surface area contributed by atoms with E-state index in [9.17, 15) is 13.2 Å². The maximum Gasteiger partial charge on any atom is 0.201 e. The zero-order valence-electron chi connectivity index (χ0n) is 17.0. The maximum atomic E-state index is 14.6. The van der Waals surface area contributed by atoms with Crippen LogP contribution >= 0.6 is 11.6 Å². The molecule has 0 aromatic heterocycles. The van der Waals surface area contributed by atoms with Crippen molar-refractivity contribution in [3.63, 3.8) is 0 Å². The molecule has 29 heavy (non-hydrogen) atoms. The van der Waals surface area contributed by atoms with E-state index in [0.717, 1.165) is 44.9 Å². The molecule has 0 saturated heterocycles. The van der Waals surface area contributed by atoms with Crippen LogP contribution in [0.15, 0.2) is 24.3 Å². The number of halogens is 4. The molecule has 0 N–H and O–H groups in total. The van der Waals surface area contributed by atoms with Crippen LogP contribution < -0.4 is 9.47 Å². The predicted molar refractivity (Wildman–Crippen MR) is 111 cm³/mol. The average molecular weight is 429 g/mol. The quantitative estimate of drug-likeness (QED) is 0.319. The van der Waals surface area contributed by atoms with Crippen molar-refractivity contribution in [2.45, 2.75) is 58.8 Å². The Labute approximate surface area is 176 Å². The highest BCUT2D eigenvalue weighted by atomic mass is 35.5. The Morgan fingerprint density at radius 3 is 1.79 bits per heavy atom. The number of hydrogen-bond donors (Lipinski definition) is 0. The summed E-state index contributed by atoms with van der Waals surface area (Å²) in [6.45, 7) is 4.83. The van der Waals surface area contributed by atoms with Gasteiger partial charge in [-0.2, -0.15) is 4.39 Å². The van der Waals surface area contributed by atoms with E-state index < -0.39 is 17.5 Å². The molecule has 0 saturated carbocycles. The highest BCUT2D eigenvalue weighted by Gasteiger charge is 2.20. The Kier molecular flexibility index (Phi) is 9.65. The second-order valence-electron chi connectivity index (χ2n) is 6.94. The Hall–Kier alpha value is -1.88. The minimum Gasteiger partial charge on any atom is -0.490 e. The van der Waals surface area contributed by atoms with Gasteiger partial charge < -0.3 is 9.47 Å². The molecule has 0 bridgehead atoms. The Morgan fingerprint density at radius 2 is 1.17 bits per heavy atom. The van der Waals surface area contributed by atoms with Gasteiger partial charge in [0.05, 0.1) is 18.2 Å². The summed E-state index contributed by atoms with van der Waals surface area (Å²) in [5.74, 6) is -3.15. The van der Waals surface area contributed by atoms with Gasteiger partial charge in [-0.15, -0.1) is 0 Å². The van der Waals surface area contributed by atoms with Gasteiger partial charge in [0, 0.05) is 11.1 Å². The summed E-state index contributed by atoms with van der Waals surface area (Å²) < 4.78 is 54.3. The van der Waals surface area contributed by atoms with Gasteiger partial charge in [-0.1, -0.05) is 57.6 Å². The third-order valence-electron chi connectivity index (χ3n) is 4.64. The molecule has 2 nitrogen and oxygen atoms in total. The average Bonchev–Trinajstić information content (AvgIpc) is 2.72. The topological polar surface area (TPSA) is 18.5 Å². The normalized spacial score (nSPS) is 11.0. The first-order valence-corrected chi connectivity index (χ1v) is 10.6. The second kappa shape index (κ2) is 12.0. The van der Waals surface area contributed by atoms with Gasteiger partial charge in [0.25, 0.3) is 0 Å². The van der Waals surface area contributed by atoms with Crippen LogP contribution in [0.4, 0.5) is 13.2 Å². The lowest BCUT2D eigenvalue weighted by atomic mass is 10.0. The predicted octanol–water partition coefficient (Wildman–Crippen LogP) is 7.95. The first-order chi connectivity index (χ1) is 14.0. The number of unbranched alkanes of at least 4 members (excludes halogenated alkanes) is 5. The van der Waals surface area contributed by atoms with Crippen molar-refractivity contribution in [1.29, 1.82) is 0 Å². The molecule has 0 aliphatic heterocycles. The van der Waals surface area contributed by atoms with E-state index in [1.165, 1.54) is 24.3 Å². The molecule has 0 radical (unpaired) electrons. The van der Waals surface area contributed by atoms with Gasteiger partial charge in [0.15, 0.2) is 23.1 Å². The molecule has 160 valence electrons. The van der Waals surface area contributed by atoms with Crippen molar-refractivity contribution in [3.05, 3.63) is 46.7 Å². The first-order valence-electron chi connectivity index (χ1n) is 10.2. The molecule has 6 heteroatoms. The Balaban J connectivity index is 2.15. The van der Waals surface area contributed by atoms with Gasteiger partial charge in [0.1, 0.15) is 0 Å². The van der Waals surface area contributed by atoms with E-state index in [4.69, 9.17) is 21.1 Å². The number of rotatable bonds is 12. The lowest BCUT2D eigenvalue weighted by Gasteiger charge is -2.13. The van der Waals surface area contributed by atoms with Crippen LogP contribution in [0.3, 0.4) is 0 Å². The van der Waals surface area contributed by atoms with Crippen molar-refractivity contribution in [3.8, 4) is 22.6 Å². The summed E-state index contributed by atoms with van der Waals surface area (Å²) in [6.07, 6.45) is 6.70.